The van der Waals surface area contributed by atoms with E-state index in [1.165, 1.54) is 0 Å². The highest BCUT2D eigenvalue weighted by atomic mass is 16.5. The predicted octanol–water partition coefficient (Wildman–Crippen LogP) is 2.80. The van der Waals surface area contributed by atoms with E-state index in [9.17, 15) is 5.11 Å². The first-order valence-corrected chi connectivity index (χ1v) is 7.13. The maximum absolute atomic E-state index is 9.20. The van der Waals surface area contributed by atoms with Crippen molar-refractivity contribution < 1.29 is 19.3 Å². The van der Waals surface area contributed by atoms with E-state index in [1.807, 2.05) is 44.2 Å². The number of ether oxygens (including phenoxy) is 3. The standard InChI is InChI=1S/C17H26O4/c1-13(17(20-4)14(2)11-18)9-10-21-12-15-5-7-16(19-3)8-6-15/h5-9,14,17-18H,10-12H2,1-4H3/b13-9+/t14-,17-/m0/s1. The van der Waals surface area contributed by atoms with Crippen molar-refractivity contribution in [3.8, 4) is 5.75 Å². The van der Waals surface area contributed by atoms with Crippen LogP contribution >= 0.6 is 0 Å². The van der Waals surface area contributed by atoms with Gasteiger partial charge in [-0.15, -0.1) is 0 Å². The van der Waals surface area contributed by atoms with Crippen molar-refractivity contribution in [3.63, 3.8) is 0 Å². The molecule has 1 aromatic rings. The molecule has 0 bridgehead atoms. The van der Waals surface area contributed by atoms with Crippen LogP contribution in [0, 0.1) is 5.92 Å². The molecule has 0 unspecified atom stereocenters. The summed E-state index contributed by atoms with van der Waals surface area (Å²) in [4.78, 5) is 0. The molecule has 0 heterocycles. The molecular formula is C17H26O4. The van der Waals surface area contributed by atoms with Gasteiger partial charge in [-0.1, -0.05) is 25.1 Å². The van der Waals surface area contributed by atoms with Crippen LogP contribution in [0.3, 0.4) is 0 Å². The topological polar surface area (TPSA) is 47.9 Å². The second-order valence-electron chi connectivity index (χ2n) is 5.13. The Morgan fingerprint density at radius 1 is 1.24 bits per heavy atom. The zero-order valence-electron chi connectivity index (χ0n) is 13.3. The van der Waals surface area contributed by atoms with Crippen LogP contribution in [0.1, 0.15) is 19.4 Å². The molecule has 0 amide bonds. The molecule has 1 N–H and O–H groups in total. The summed E-state index contributed by atoms with van der Waals surface area (Å²) in [6.45, 7) is 5.15. The molecule has 0 aliphatic carbocycles. The third kappa shape index (κ3) is 5.87. The van der Waals surface area contributed by atoms with Gasteiger partial charge in [0.25, 0.3) is 0 Å². The van der Waals surface area contributed by atoms with Gasteiger partial charge in [0.05, 0.1) is 26.4 Å². The van der Waals surface area contributed by atoms with E-state index in [2.05, 4.69) is 0 Å². The van der Waals surface area contributed by atoms with Gasteiger partial charge in [0.15, 0.2) is 0 Å². The third-order valence-electron chi connectivity index (χ3n) is 3.46. The molecule has 0 spiro atoms. The van der Waals surface area contributed by atoms with Crippen molar-refractivity contribution in [3.05, 3.63) is 41.5 Å². The SMILES string of the molecule is COc1ccc(COC/C=C(\C)[C@H](OC)[C@@H](C)CO)cc1. The number of rotatable bonds is 9. The van der Waals surface area contributed by atoms with E-state index < -0.39 is 0 Å². The lowest BCUT2D eigenvalue weighted by Gasteiger charge is -2.21. The third-order valence-corrected chi connectivity index (χ3v) is 3.46. The normalized spacial score (nSPS) is 14.8. The van der Waals surface area contributed by atoms with Crippen LogP contribution in [0.25, 0.3) is 0 Å². The molecule has 1 rings (SSSR count). The van der Waals surface area contributed by atoms with Crippen LogP contribution in [0.5, 0.6) is 5.75 Å². The fraction of sp³-hybridized carbons (Fsp3) is 0.529. The molecule has 4 heteroatoms. The van der Waals surface area contributed by atoms with Crippen LogP contribution in [-0.2, 0) is 16.1 Å². The summed E-state index contributed by atoms with van der Waals surface area (Å²) in [6.07, 6.45) is 1.93. The summed E-state index contributed by atoms with van der Waals surface area (Å²) in [5.74, 6) is 0.920. The molecule has 0 radical (unpaired) electrons. The average Bonchev–Trinajstić information content (AvgIpc) is 2.52. The van der Waals surface area contributed by atoms with E-state index in [1.54, 1.807) is 14.2 Å². The Balaban J connectivity index is 2.42. The van der Waals surface area contributed by atoms with Crippen molar-refractivity contribution in [1.29, 1.82) is 0 Å². The number of aliphatic hydroxyl groups excluding tert-OH is 1. The first-order valence-electron chi connectivity index (χ1n) is 7.13. The molecule has 0 saturated heterocycles. The van der Waals surface area contributed by atoms with Gasteiger partial charge >= 0.3 is 0 Å². The van der Waals surface area contributed by atoms with Gasteiger partial charge in [-0.05, 0) is 30.2 Å². The van der Waals surface area contributed by atoms with Crippen LogP contribution in [0.2, 0.25) is 0 Å². The second-order valence-corrected chi connectivity index (χ2v) is 5.13. The van der Waals surface area contributed by atoms with Gasteiger partial charge in [-0.3, -0.25) is 0 Å². The maximum atomic E-state index is 9.20. The van der Waals surface area contributed by atoms with E-state index in [0.717, 1.165) is 16.9 Å². The number of hydrogen-bond donors (Lipinski definition) is 1. The fourth-order valence-corrected chi connectivity index (χ4v) is 2.17. The smallest absolute Gasteiger partial charge is 0.118 e. The Hall–Kier alpha value is -1.36. The molecule has 118 valence electrons. The summed E-state index contributed by atoms with van der Waals surface area (Å²) in [5, 5.41) is 9.20. The summed E-state index contributed by atoms with van der Waals surface area (Å²) in [7, 11) is 3.31. The van der Waals surface area contributed by atoms with Gasteiger partial charge in [-0.2, -0.15) is 0 Å². The van der Waals surface area contributed by atoms with Gasteiger partial charge in [0.1, 0.15) is 5.75 Å². The zero-order valence-corrected chi connectivity index (χ0v) is 13.3. The molecule has 0 fully saturated rings. The quantitative estimate of drug-likeness (QED) is 0.562. The molecule has 1 aromatic carbocycles. The summed E-state index contributed by atoms with van der Waals surface area (Å²) in [6, 6.07) is 7.82. The minimum atomic E-state index is -0.0698. The fourth-order valence-electron chi connectivity index (χ4n) is 2.17. The van der Waals surface area contributed by atoms with Crippen LogP contribution < -0.4 is 4.74 Å². The Bertz CT molecular complexity index is 425. The zero-order chi connectivity index (χ0) is 15.7. The van der Waals surface area contributed by atoms with Crippen molar-refractivity contribution in [2.24, 2.45) is 5.92 Å². The Morgan fingerprint density at radius 2 is 1.90 bits per heavy atom. The van der Waals surface area contributed by atoms with Crippen molar-refractivity contribution in [2.45, 2.75) is 26.6 Å². The Kier molecular flexibility index (Phi) is 8.05. The van der Waals surface area contributed by atoms with Crippen LogP contribution in [0.4, 0.5) is 0 Å². The van der Waals surface area contributed by atoms with Crippen LogP contribution in [-0.4, -0.2) is 38.6 Å². The molecule has 0 aliphatic rings. The largest absolute Gasteiger partial charge is 0.497 e. The Morgan fingerprint density at radius 3 is 2.43 bits per heavy atom. The lowest BCUT2D eigenvalue weighted by Crippen LogP contribution is -2.24. The lowest BCUT2D eigenvalue weighted by atomic mass is 9.99. The molecule has 0 aliphatic heterocycles. The maximum Gasteiger partial charge on any atom is 0.118 e. The predicted molar refractivity (Wildman–Crippen MR) is 83.5 cm³/mol. The van der Waals surface area contributed by atoms with Crippen molar-refractivity contribution >= 4 is 0 Å². The highest BCUT2D eigenvalue weighted by Crippen LogP contribution is 2.15. The molecule has 4 nitrogen and oxygen atoms in total. The average molecular weight is 294 g/mol. The van der Waals surface area contributed by atoms with Gasteiger partial charge in [-0.25, -0.2) is 0 Å². The van der Waals surface area contributed by atoms with Gasteiger partial charge in [0.2, 0.25) is 0 Å². The number of hydrogen-bond acceptors (Lipinski definition) is 4. The van der Waals surface area contributed by atoms with Crippen molar-refractivity contribution in [2.75, 3.05) is 27.4 Å². The van der Waals surface area contributed by atoms with Gasteiger partial charge in [0, 0.05) is 19.6 Å². The second kappa shape index (κ2) is 9.55. The highest BCUT2D eigenvalue weighted by Gasteiger charge is 2.17. The molecule has 0 aromatic heterocycles. The number of aliphatic hydroxyl groups is 1. The molecular weight excluding hydrogens is 268 g/mol. The number of benzene rings is 1. The van der Waals surface area contributed by atoms with Crippen LogP contribution in [0.15, 0.2) is 35.9 Å². The van der Waals surface area contributed by atoms with E-state index >= 15 is 0 Å². The molecule has 2 atom stereocenters. The minimum Gasteiger partial charge on any atom is -0.497 e. The summed E-state index contributed by atoms with van der Waals surface area (Å²) >= 11 is 0. The molecule has 21 heavy (non-hydrogen) atoms. The van der Waals surface area contributed by atoms with Crippen molar-refractivity contribution in [1.82, 2.24) is 0 Å². The number of methoxy groups -OCH3 is 2. The molecule has 0 saturated carbocycles. The van der Waals surface area contributed by atoms with Gasteiger partial charge < -0.3 is 19.3 Å². The van der Waals surface area contributed by atoms with E-state index in [0.29, 0.717) is 13.2 Å². The minimum absolute atomic E-state index is 0.0698. The first kappa shape index (κ1) is 17.7. The monoisotopic (exact) mass is 294 g/mol. The van der Waals surface area contributed by atoms with E-state index in [4.69, 9.17) is 14.2 Å². The first-order chi connectivity index (χ1) is 10.1. The Labute approximate surface area is 127 Å². The summed E-state index contributed by atoms with van der Waals surface area (Å²) < 4.78 is 16.2. The highest BCUT2D eigenvalue weighted by molar-refractivity contribution is 5.26. The lowest BCUT2D eigenvalue weighted by molar-refractivity contribution is 0.0575. The summed E-state index contributed by atoms with van der Waals surface area (Å²) in [5.41, 5.74) is 2.18. The van der Waals surface area contributed by atoms with E-state index in [-0.39, 0.29) is 18.6 Å².